The summed E-state index contributed by atoms with van der Waals surface area (Å²) in [5, 5.41) is 10.5. The summed E-state index contributed by atoms with van der Waals surface area (Å²) in [5.41, 5.74) is 4.28. The monoisotopic (exact) mass is 290 g/mol. The largest absolute Gasteiger partial charge is 0.389 e. The van der Waals surface area contributed by atoms with Gasteiger partial charge in [0, 0.05) is 0 Å². The minimum atomic E-state index is -0.300. The Labute approximate surface area is 131 Å². The number of aliphatic hydroxyl groups is 1. The van der Waals surface area contributed by atoms with Crippen LogP contribution in [0.15, 0.2) is 34.9 Å². The highest BCUT2D eigenvalue weighted by atomic mass is 16.3. The van der Waals surface area contributed by atoms with Crippen molar-refractivity contribution in [3.8, 4) is 0 Å². The molecule has 1 nitrogen and oxygen atoms in total. The first-order valence-electron chi connectivity index (χ1n) is 8.56. The van der Waals surface area contributed by atoms with E-state index in [1.54, 1.807) is 0 Å². The summed E-state index contributed by atoms with van der Waals surface area (Å²) in [6.07, 6.45) is 13.2. The van der Waals surface area contributed by atoms with E-state index in [0.717, 1.165) is 32.1 Å². The number of allylic oxidation sites excluding steroid dienone is 5. The predicted octanol–water partition coefficient (Wildman–Crippen LogP) is 5.81. The molecule has 1 aliphatic rings. The first-order valence-corrected chi connectivity index (χ1v) is 8.56. The van der Waals surface area contributed by atoms with Crippen LogP contribution in [0.1, 0.15) is 73.1 Å². The van der Waals surface area contributed by atoms with E-state index in [1.807, 2.05) is 0 Å². The van der Waals surface area contributed by atoms with Gasteiger partial charge >= 0.3 is 0 Å². The average Bonchev–Trinajstić information content (AvgIpc) is 2.37. The summed E-state index contributed by atoms with van der Waals surface area (Å²) < 4.78 is 0. The van der Waals surface area contributed by atoms with Gasteiger partial charge in [0.05, 0.1) is 6.10 Å². The van der Waals surface area contributed by atoms with Crippen LogP contribution in [0.4, 0.5) is 0 Å². The highest BCUT2D eigenvalue weighted by molar-refractivity contribution is 5.09. The molecule has 2 unspecified atom stereocenters. The smallest absolute Gasteiger partial charge is 0.0754 e. The highest BCUT2D eigenvalue weighted by Crippen LogP contribution is 2.26. The van der Waals surface area contributed by atoms with Crippen LogP contribution < -0.4 is 0 Å². The second-order valence-corrected chi connectivity index (χ2v) is 7.13. The zero-order chi connectivity index (χ0) is 15.8. The zero-order valence-corrected chi connectivity index (χ0v) is 14.7. The van der Waals surface area contributed by atoms with E-state index >= 15 is 0 Å². The normalized spacial score (nSPS) is 26.7. The van der Waals surface area contributed by atoms with Gasteiger partial charge in [-0.25, -0.2) is 0 Å². The Bertz CT molecular complexity index is 398. The van der Waals surface area contributed by atoms with Gasteiger partial charge in [0.2, 0.25) is 0 Å². The second kappa shape index (κ2) is 9.25. The van der Waals surface area contributed by atoms with Crippen molar-refractivity contribution >= 4 is 0 Å². The lowest BCUT2D eigenvalue weighted by atomic mass is 9.84. The molecule has 120 valence electrons. The van der Waals surface area contributed by atoms with Crippen molar-refractivity contribution < 1.29 is 5.11 Å². The maximum absolute atomic E-state index is 10.5. The molecule has 1 N–H and O–H groups in total. The molecule has 0 aromatic carbocycles. The fourth-order valence-corrected chi connectivity index (χ4v) is 3.09. The van der Waals surface area contributed by atoms with Crippen LogP contribution in [0.2, 0.25) is 0 Å². The maximum atomic E-state index is 10.5. The second-order valence-electron chi connectivity index (χ2n) is 7.13. The fraction of sp³-hybridized carbons (Fsp3) is 0.700. The minimum absolute atomic E-state index is 0.300. The molecule has 2 atom stereocenters. The van der Waals surface area contributed by atoms with Gasteiger partial charge in [-0.1, -0.05) is 48.8 Å². The van der Waals surface area contributed by atoms with Crippen molar-refractivity contribution in [2.45, 2.75) is 79.2 Å². The van der Waals surface area contributed by atoms with Crippen molar-refractivity contribution in [3.05, 3.63) is 34.9 Å². The first kappa shape index (κ1) is 18.2. The Morgan fingerprint density at radius 3 is 2.00 bits per heavy atom. The molecule has 1 rings (SSSR count). The molecule has 0 fully saturated rings. The topological polar surface area (TPSA) is 20.2 Å². The molecule has 0 bridgehead atoms. The number of rotatable bonds is 1. The molecule has 0 saturated heterocycles. The van der Waals surface area contributed by atoms with Crippen LogP contribution >= 0.6 is 0 Å². The molecule has 0 saturated carbocycles. The lowest BCUT2D eigenvalue weighted by molar-refractivity contribution is 0.115. The van der Waals surface area contributed by atoms with E-state index in [9.17, 15) is 5.11 Å². The van der Waals surface area contributed by atoms with Gasteiger partial charge in [-0.15, -0.1) is 0 Å². The van der Waals surface area contributed by atoms with Crippen LogP contribution in [-0.2, 0) is 0 Å². The molecule has 0 heterocycles. The SMILES string of the molecule is CC1=CCCC(C)=CC(O)C(C(C)C)CCC(C)=CCC1. The quantitative estimate of drug-likeness (QED) is 0.604. The van der Waals surface area contributed by atoms with Gasteiger partial charge in [0.1, 0.15) is 0 Å². The third-order valence-electron chi connectivity index (χ3n) is 4.69. The maximum Gasteiger partial charge on any atom is 0.0754 e. The van der Waals surface area contributed by atoms with Gasteiger partial charge in [0.25, 0.3) is 0 Å². The molecule has 0 spiro atoms. The lowest BCUT2D eigenvalue weighted by Crippen LogP contribution is -2.24. The third kappa shape index (κ3) is 7.13. The van der Waals surface area contributed by atoms with Gasteiger partial charge in [-0.3, -0.25) is 0 Å². The minimum Gasteiger partial charge on any atom is -0.389 e. The molecule has 0 aliphatic heterocycles. The molecular formula is C20H34O. The summed E-state index contributed by atoms with van der Waals surface area (Å²) >= 11 is 0. The summed E-state index contributed by atoms with van der Waals surface area (Å²) in [5.74, 6) is 0.885. The Balaban J connectivity index is 2.88. The van der Waals surface area contributed by atoms with Crippen LogP contribution in [0.5, 0.6) is 0 Å². The van der Waals surface area contributed by atoms with Crippen molar-refractivity contribution in [1.29, 1.82) is 0 Å². The predicted molar refractivity (Wildman–Crippen MR) is 93.3 cm³/mol. The molecule has 1 aliphatic carbocycles. The van der Waals surface area contributed by atoms with Crippen LogP contribution in [0.25, 0.3) is 0 Å². The van der Waals surface area contributed by atoms with Gasteiger partial charge < -0.3 is 5.11 Å². The molecule has 0 amide bonds. The molecule has 0 aromatic rings. The molecule has 21 heavy (non-hydrogen) atoms. The number of hydrogen-bond acceptors (Lipinski definition) is 1. The third-order valence-corrected chi connectivity index (χ3v) is 4.69. The van der Waals surface area contributed by atoms with E-state index < -0.39 is 0 Å². The van der Waals surface area contributed by atoms with E-state index in [2.05, 4.69) is 52.8 Å². The summed E-state index contributed by atoms with van der Waals surface area (Å²) in [7, 11) is 0. The van der Waals surface area contributed by atoms with Gasteiger partial charge in [-0.05, 0) is 71.1 Å². The number of hydrogen-bond donors (Lipinski definition) is 1. The van der Waals surface area contributed by atoms with Crippen LogP contribution in [0, 0.1) is 11.8 Å². The lowest BCUT2D eigenvalue weighted by Gasteiger charge is -2.25. The van der Waals surface area contributed by atoms with E-state index in [-0.39, 0.29) is 6.10 Å². The van der Waals surface area contributed by atoms with E-state index in [4.69, 9.17) is 0 Å². The highest BCUT2D eigenvalue weighted by Gasteiger charge is 2.20. The van der Waals surface area contributed by atoms with E-state index in [0.29, 0.717) is 11.8 Å². The van der Waals surface area contributed by atoms with Gasteiger partial charge in [0.15, 0.2) is 0 Å². The van der Waals surface area contributed by atoms with E-state index in [1.165, 1.54) is 23.1 Å². The molecule has 1 heteroatoms. The molecular weight excluding hydrogens is 256 g/mol. The fourth-order valence-electron chi connectivity index (χ4n) is 3.09. The van der Waals surface area contributed by atoms with Crippen molar-refractivity contribution in [1.82, 2.24) is 0 Å². The summed E-state index contributed by atoms with van der Waals surface area (Å²) in [4.78, 5) is 0. The van der Waals surface area contributed by atoms with Crippen molar-refractivity contribution in [2.24, 2.45) is 11.8 Å². The standard InChI is InChI=1S/C20H34O/c1-15(2)19-13-12-17(4)10-6-8-16(3)9-7-11-18(5)14-20(19)21/h9-10,14-15,19-21H,6-8,11-13H2,1-5H3. The van der Waals surface area contributed by atoms with Crippen LogP contribution in [0.3, 0.4) is 0 Å². The van der Waals surface area contributed by atoms with Crippen LogP contribution in [-0.4, -0.2) is 11.2 Å². The Hall–Kier alpha value is -0.820. The number of aliphatic hydroxyl groups excluding tert-OH is 1. The average molecular weight is 290 g/mol. The zero-order valence-electron chi connectivity index (χ0n) is 14.7. The Kier molecular flexibility index (Phi) is 8.03. The Morgan fingerprint density at radius 2 is 1.43 bits per heavy atom. The van der Waals surface area contributed by atoms with Crippen molar-refractivity contribution in [2.75, 3.05) is 0 Å². The summed E-state index contributed by atoms with van der Waals surface area (Å²) in [6.45, 7) is 11.1. The molecule has 0 radical (unpaired) electrons. The molecule has 0 aromatic heterocycles. The first-order chi connectivity index (χ1) is 9.90. The Morgan fingerprint density at radius 1 is 0.905 bits per heavy atom. The summed E-state index contributed by atoms with van der Waals surface area (Å²) in [6, 6.07) is 0. The van der Waals surface area contributed by atoms with Crippen molar-refractivity contribution in [3.63, 3.8) is 0 Å². The van der Waals surface area contributed by atoms with Gasteiger partial charge in [-0.2, -0.15) is 0 Å².